The van der Waals surface area contributed by atoms with Crippen LogP contribution in [0.15, 0.2) is 54.7 Å². The van der Waals surface area contributed by atoms with Crippen LogP contribution in [0.3, 0.4) is 0 Å². The fraction of sp³-hybridized carbons (Fsp3) is 0.304. The molecule has 1 atom stereocenters. The first-order chi connectivity index (χ1) is 14.1. The van der Waals surface area contributed by atoms with E-state index in [4.69, 9.17) is 0 Å². The highest BCUT2D eigenvalue weighted by atomic mass is 19.1. The van der Waals surface area contributed by atoms with E-state index in [0.29, 0.717) is 12.8 Å². The normalized spacial score (nSPS) is 14.5. The van der Waals surface area contributed by atoms with Crippen molar-refractivity contribution in [3.8, 4) is 0 Å². The number of hydrogen-bond acceptors (Lipinski definition) is 2. The molecule has 0 saturated heterocycles. The van der Waals surface area contributed by atoms with E-state index in [1.54, 1.807) is 12.1 Å². The van der Waals surface area contributed by atoms with Gasteiger partial charge in [-0.25, -0.2) is 4.39 Å². The summed E-state index contributed by atoms with van der Waals surface area (Å²) < 4.78 is 13.0. The number of halogens is 1. The molecule has 29 heavy (non-hydrogen) atoms. The number of rotatable bonds is 8. The number of nitrogens with one attached hydrogen (secondary N) is 3. The Morgan fingerprint density at radius 1 is 1.10 bits per heavy atom. The summed E-state index contributed by atoms with van der Waals surface area (Å²) in [5, 5.41) is 6.94. The highest BCUT2D eigenvalue weighted by molar-refractivity contribution is 5.90. The van der Waals surface area contributed by atoms with E-state index < -0.39 is 6.04 Å². The van der Waals surface area contributed by atoms with Crippen LogP contribution in [0.4, 0.5) is 4.39 Å². The Hall–Kier alpha value is -3.15. The molecule has 3 aromatic rings. The molecule has 1 heterocycles. The third kappa shape index (κ3) is 5.02. The summed E-state index contributed by atoms with van der Waals surface area (Å²) >= 11 is 0. The number of aromatic amines is 1. The van der Waals surface area contributed by atoms with E-state index >= 15 is 0 Å². The van der Waals surface area contributed by atoms with Gasteiger partial charge in [-0.05, 0) is 48.6 Å². The molecule has 6 heteroatoms. The van der Waals surface area contributed by atoms with Crippen molar-refractivity contribution >= 4 is 22.7 Å². The fourth-order valence-electron chi connectivity index (χ4n) is 3.43. The molecule has 3 N–H and O–H groups in total. The minimum Gasteiger partial charge on any atom is -0.361 e. The van der Waals surface area contributed by atoms with Crippen molar-refractivity contribution in [2.45, 2.75) is 44.2 Å². The molecular formula is C23H24FN3O2. The highest BCUT2D eigenvalue weighted by Crippen LogP contribution is 2.21. The first-order valence-corrected chi connectivity index (χ1v) is 9.97. The number of aryl methyl sites for hydroxylation is 1. The van der Waals surface area contributed by atoms with Gasteiger partial charge in [-0.3, -0.25) is 9.59 Å². The average molecular weight is 393 g/mol. The summed E-state index contributed by atoms with van der Waals surface area (Å²) in [6.45, 7) is 0. The van der Waals surface area contributed by atoms with Gasteiger partial charge in [-0.1, -0.05) is 30.3 Å². The molecule has 5 nitrogen and oxygen atoms in total. The first-order valence-electron chi connectivity index (χ1n) is 9.97. The average Bonchev–Trinajstić information content (AvgIpc) is 3.45. The first kappa shape index (κ1) is 19.2. The summed E-state index contributed by atoms with van der Waals surface area (Å²) in [6.07, 6.45) is 5.04. The van der Waals surface area contributed by atoms with Crippen LogP contribution >= 0.6 is 0 Å². The summed E-state index contributed by atoms with van der Waals surface area (Å²) in [5.41, 5.74) is 2.89. The Morgan fingerprint density at radius 2 is 1.86 bits per heavy atom. The Labute approximate surface area is 168 Å². The van der Waals surface area contributed by atoms with Crippen molar-refractivity contribution in [1.29, 1.82) is 0 Å². The third-order valence-corrected chi connectivity index (χ3v) is 5.23. The Kier molecular flexibility index (Phi) is 5.60. The van der Waals surface area contributed by atoms with Crippen molar-refractivity contribution in [3.05, 3.63) is 71.7 Å². The molecule has 1 unspecified atom stereocenters. The quantitative estimate of drug-likeness (QED) is 0.550. The van der Waals surface area contributed by atoms with Crippen molar-refractivity contribution in [2.24, 2.45) is 0 Å². The van der Waals surface area contributed by atoms with E-state index in [1.165, 1.54) is 12.1 Å². The molecule has 1 saturated carbocycles. The van der Waals surface area contributed by atoms with Gasteiger partial charge < -0.3 is 15.6 Å². The van der Waals surface area contributed by atoms with Crippen LogP contribution in [0.1, 0.15) is 30.4 Å². The number of para-hydroxylation sites is 1. The second-order valence-corrected chi connectivity index (χ2v) is 7.59. The van der Waals surface area contributed by atoms with Crippen LogP contribution < -0.4 is 10.6 Å². The van der Waals surface area contributed by atoms with Crippen molar-refractivity contribution in [1.82, 2.24) is 15.6 Å². The number of hydrogen-bond donors (Lipinski definition) is 3. The van der Waals surface area contributed by atoms with E-state index in [9.17, 15) is 14.0 Å². The van der Waals surface area contributed by atoms with Crippen molar-refractivity contribution in [2.75, 3.05) is 0 Å². The lowest BCUT2D eigenvalue weighted by Crippen LogP contribution is -2.48. The summed E-state index contributed by atoms with van der Waals surface area (Å²) in [4.78, 5) is 28.5. The largest absolute Gasteiger partial charge is 0.361 e. The zero-order valence-electron chi connectivity index (χ0n) is 16.1. The monoisotopic (exact) mass is 393 g/mol. The van der Waals surface area contributed by atoms with Gasteiger partial charge in [0.25, 0.3) is 0 Å². The van der Waals surface area contributed by atoms with Gasteiger partial charge >= 0.3 is 0 Å². The zero-order valence-corrected chi connectivity index (χ0v) is 16.1. The van der Waals surface area contributed by atoms with Gasteiger partial charge in [0, 0.05) is 36.0 Å². The number of H-pyrrole nitrogens is 1. The summed E-state index contributed by atoms with van der Waals surface area (Å²) in [6, 6.07) is 13.6. The molecule has 1 aromatic heterocycles. The lowest BCUT2D eigenvalue weighted by atomic mass is 10.0. The lowest BCUT2D eigenvalue weighted by Gasteiger charge is -2.18. The maximum atomic E-state index is 13.0. The van der Waals surface area contributed by atoms with Crippen LogP contribution in [-0.2, 0) is 22.4 Å². The Morgan fingerprint density at radius 3 is 2.62 bits per heavy atom. The van der Waals surface area contributed by atoms with Gasteiger partial charge in [0.2, 0.25) is 11.8 Å². The standard InChI is InChI=1S/C23H24FN3O2/c24-17-8-5-15(6-9-17)7-12-22(28)27-21(23(29)26-18-10-11-18)13-16-14-25-20-4-2-1-3-19(16)20/h1-6,8-9,14,18,21,25H,7,10-13H2,(H,26,29)(H,27,28). The Balaban J connectivity index is 1.42. The third-order valence-electron chi connectivity index (χ3n) is 5.23. The maximum Gasteiger partial charge on any atom is 0.243 e. The van der Waals surface area contributed by atoms with Gasteiger partial charge in [0.05, 0.1) is 0 Å². The molecule has 0 aliphatic heterocycles. The van der Waals surface area contributed by atoms with Gasteiger partial charge in [0.1, 0.15) is 11.9 Å². The molecule has 2 aromatic carbocycles. The predicted octanol–water partition coefficient (Wildman–Crippen LogP) is 3.25. The summed E-state index contributed by atoms with van der Waals surface area (Å²) in [5.74, 6) is -0.633. The van der Waals surface area contributed by atoms with Crippen molar-refractivity contribution < 1.29 is 14.0 Å². The van der Waals surface area contributed by atoms with E-state index in [2.05, 4.69) is 15.6 Å². The lowest BCUT2D eigenvalue weighted by molar-refractivity contribution is -0.129. The molecule has 0 radical (unpaired) electrons. The molecule has 0 spiro atoms. The Bertz CT molecular complexity index is 1010. The number of amides is 2. The van der Waals surface area contributed by atoms with E-state index in [0.717, 1.165) is 34.9 Å². The van der Waals surface area contributed by atoms with Gasteiger partial charge in [-0.15, -0.1) is 0 Å². The minimum absolute atomic E-state index is 0.145. The molecule has 4 rings (SSSR count). The number of carbonyl (C=O) groups is 2. The maximum absolute atomic E-state index is 13.0. The van der Waals surface area contributed by atoms with Crippen molar-refractivity contribution in [3.63, 3.8) is 0 Å². The van der Waals surface area contributed by atoms with Crippen LogP contribution in [0.2, 0.25) is 0 Å². The van der Waals surface area contributed by atoms with Crippen LogP contribution in [-0.4, -0.2) is 28.9 Å². The number of benzene rings is 2. The highest BCUT2D eigenvalue weighted by Gasteiger charge is 2.29. The van der Waals surface area contributed by atoms with E-state index in [1.807, 2.05) is 30.5 Å². The smallest absolute Gasteiger partial charge is 0.243 e. The van der Waals surface area contributed by atoms with Crippen LogP contribution in [0, 0.1) is 5.82 Å². The molecule has 150 valence electrons. The minimum atomic E-state index is -0.629. The zero-order chi connectivity index (χ0) is 20.2. The predicted molar refractivity (Wildman–Crippen MR) is 110 cm³/mol. The topological polar surface area (TPSA) is 74.0 Å². The molecule has 1 aliphatic carbocycles. The van der Waals surface area contributed by atoms with Gasteiger partial charge in [0.15, 0.2) is 0 Å². The molecule has 0 bridgehead atoms. The van der Waals surface area contributed by atoms with Gasteiger partial charge in [-0.2, -0.15) is 0 Å². The van der Waals surface area contributed by atoms with E-state index in [-0.39, 0.29) is 30.1 Å². The fourth-order valence-corrected chi connectivity index (χ4v) is 3.43. The molecule has 2 amide bonds. The summed E-state index contributed by atoms with van der Waals surface area (Å²) in [7, 11) is 0. The number of fused-ring (bicyclic) bond motifs is 1. The number of carbonyl (C=O) groups excluding carboxylic acids is 2. The number of aromatic nitrogens is 1. The molecule has 1 aliphatic rings. The van der Waals surface area contributed by atoms with Crippen LogP contribution in [0.5, 0.6) is 0 Å². The second-order valence-electron chi connectivity index (χ2n) is 7.59. The molecular weight excluding hydrogens is 369 g/mol. The second kappa shape index (κ2) is 8.47. The SMILES string of the molecule is O=C(CCc1ccc(F)cc1)NC(Cc1c[nH]c2ccccc12)C(=O)NC1CC1. The molecule has 1 fully saturated rings. The van der Waals surface area contributed by atoms with Crippen LogP contribution in [0.25, 0.3) is 10.9 Å².